The zero-order valence-corrected chi connectivity index (χ0v) is 13.4. The molecule has 0 saturated heterocycles. The number of carbonyl (C=O) groups is 1. The molecule has 0 bridgehead atoms. The second-order valence-electron chi connectivity index (χ2n) is 4.05. The van der Waals surface area contributed by atoms with Crippen molar-refractivity contribution in [2.24, 2.45) is 0 Å². The minimum Gasteiger partial charge on any atom is -0.396 e. The molecule has 3 nitrogen and oxygen atoms in total. The number of benzene rings is 2. The Morgan fingerprint density at radius 1 is 0.952 bits per heavy atom. The van der Waals surface area contributed by atoms with Crippen LogP contribution in [-0.4, -0.2) is 5.91 Å². The van der Waals surface area contributed by atoms with Gasteiger partial charge in [-0.25, -0.2) is 13.2 Å². The highest BCUT2D eigenvalue weighted by Crippen LogP contribution is 2.26. The van der Waals surface area contributed by atoms with Crippen LogP contribution in [0.2, 0.25) is 0 Å². The zero-order valence-electron chi connectivity index (χ0n) is 10.2. The van der Waals surface area contributed by atoms with Crippen LogP contribution < -0.4 is 11.1 Å². The van der Waals surface area contributed by atoms with Crippen molar-refractivity contribution in [2.75, 3.05) is 11.1 Å². The number of nitrogen functional groups attached to an aromatic ring is 1. The Balaban J connectivity index is 2.35. The van der Waals surface area contributed by atoms with E-state index in [2.05, 4.69) is 37.2 Å². The smallest absolute Gasteiger partial charge is 0.256 e. The highest BCUT2D eigenvalue weighted by atomic mass is 79.9. The summed E-state index contributed by atoms with van der Waals surface area (Å²) in [5.74, 6) is -3.00. The van der Waals surface area contributed by atoms with Crippen LogP contribution in [0.15, 0.2) is 33.2 Å². The normalized spacial score (nSPS) is 10.5. The number of rotatable bonds is 2. The maximum atomic E-state index is 13.6. The van der Waals surface area contributed by atoms with Gasteiger partial charge in [0.25, 0.3) is 5.91 Å². The van der Waals surface area contributed by atoms with Gasteiger partial charge < -0.3 is 11.1 Å². The molecule has 3 N–H and O–H groups in total. The summed E-state index contributed by atoms with van der Waals surface area (Å²) in [5.41, 5.74) is 4.81. The molecule has 0 spiro atoms. The molecule has 21 heavy (non-hydrogen) atoms. The lowest BCUT2D eigenvalue weighted by molar-refractivity contribution is 0.102. The second kappa shape index (κ2) is 6.07. The lowest BCUT2D eigenvalue weighted by Gasteiger charge is -2.10. The highest BCUT2D eigenvalue weighted by Gasteiger charge is 2.16. The summed E-state index contributed by atoms with van der Waals surface area (Å²) in [5, 5.41) is 2.20. The summed E-state index contributed by atoms with van der Waals surface area (Å²) in [6.07, 6.45) is 0. The summed E-state index contributed by atoms with van der Waals surface area (Å²) < 4.78 is 40.3. The summed E-state index contributed by atoms with van der Waals surface area (Å²) in [6.45, 7) is 0. The van der Waals surface area contributed by atoms with E-state index >= 15 is 0 Å². The molecule has 0 aliphatic carbocycles. The molecule has 0 fully saturated rings. The fourth-order valence-corrected chi connectivity index (χ4v) is 2.36. The van der Waals surface area contributed by atoms with Crippen molar-refractivity contribution >= 4 is 49.1 Å². The molecule has 0 atom stereocenters. The number of carbonyl (C=O) groups excluding carboxylic acids is 1. The van der Waals surface area contributed by atoms with E-state index in [0.29, 0.717) is 0 Å². The maximum absolute atomic E-state index is 13.6. The zero-order chi connectivity index (χ0) is 15.7. The Morgan fingerprint density at radius 2 is 1.57 bits per heavy atom. The predicted octanol–water partition coefficient (Wildman–Crippen LogP) is 4.46. The first-order valence-corrected chi connectivity index (χ1v) is 7.08. The van der Waals surface area contributed by atoms with Crippen LogP contribution in [0.1, 0.15) is 10.4 Å². The molecule has 0 aliphatic heterocycles. The summed E-state index contributed by atoms with van der Waals surface area (Å²) in [4.78, 5) is 12.0. The van der Waals surface area contributed by atoms with Gasteiger partial charge in [0.2, 0.25) is 0 Å². The molecule has 2 aromatic carbocycles. The molecule has 0 unspecified atom stereocenters. The number of halogens is 5. The third-order valence-electron chi connectivity index (χ3n) is 2.59. The Hall–Kier alpha value is -1.54. The van der Waals surface area contributed by atoms with Crippen LogP contribution in [0.4, 0.5) is 24.5 Å². The van der Waals surface area contributed by atoms with Gasteiger partial charge in [-0.05, 0) is 50.1 Å². The highest BCUT2D eigenvalue weighted by molar-refractivity contribution is 9.10. The Kier molecular flexibility index (Phi) is 4.58. The molecule has 110 valence electrons. The monoisotopic (exact) mass is 422 g/mol. The van der Waals surface area contributed by atoms with Gasteiger partial charge in [0.15, 0.2) is 0 Å². The van der Waals surface area contributed by atoms with E-state index in [1.165, 1.54) is 0 Å². The lowest BCUT2D eigenvalue weighted by Crippen LogP contribution is -2.14. The summed E-state index contributed by atoms with van der Waals surface area (Å²) in [6, 6.07) is 3.84. The first-order valence-electron chi connectivity index (χ1n) is 5.50. The molecular weight excluding hydrogens is 417 g/mol. The lowest BCUT2D eigenvalue weighted by atomic mass is 10.1. The maximum Gasteiger partial charge on any atom is 0.256 e. The predicted molar refractivity (Wildman–Crippen MR) is 80.5 cm³/mol. The fourth-order valence-electron chi connectivity index (χ4n) is 1.55. The minimum absolute atomic E-state index is 0.00312. The third kappa shape index (κ3) is 3.38. The van der Waals surface area contributed by atoms with E-state index < -0.39 is 23.4 Å². The van der Waals surface area contributed by atoms with Crippen molar-refractivity contribution in [1.82, 2.24) is 0 Å². The van der Waals surface area contributed by atoms with Gasteiger partial charge in [0.1, 0.15) is 17.5 Å². The van der Waals surface area contributed by atoms with Crippen LogP contribution in [0, 0.1) is 17.5 Å². The number of amides is 1. The Bertz CT molecular complexity index is 738. The van der Waals surface area contributed by atoms with Crippen molar-refractivity contribution in [2.45, 2.75) is 0 Å². The average Bonchev–Trinajstić information content (AvgIpc) is 2.40. The first-order chi connectivity index (χ1) is 9.79. The van der Waals surface area contributed by atoms with Crippen LogP contribution in [0.3, 0.4) is 0 Å². The second-order valence-corrected chi connectivity index (χ2v) is 5.76. The fraction of sp³-hybridized carbons (Fsp3) is 0. The topological polar surface area (TPSA) is 55.1 Å². The summed E-state index contributed by atoms with van der Waals surface area (Å²) in [7, 11) is 0. The quantitative estimate of drug-likeness (QED) is 0.553. The van der Waals surface area contributed by atoms with Gasteiger partial charge >= 0.3 is 0 Å². The van der Waals surface area contributed by atoms with Crippen molar-refractivity contribution in [1.29, 1.82) is 0 Å². The van der Waals surface area contributed by atoms with E-state index in [1.54, 1.807) is 0 Å². The van der Waals surface area contributed by atoms with Crippen LogP contribution in [0.5, 0.6) is 0 Å². The van der Waals surface area contributed by atoms with Crippen molar-refractivity contribution < 1.29 is 18.0 Å². The molecular formula is C13H7Br2F3N2O. The number of anilines is 2. The number of hydrogen-bond acceptors (Lipinski definition) is 2. The molecule has 8 heteroatoms. The third-order valence-corrected chi connectivity index (χ3v) is 3.85. The van der Waals surface area contributed by atoms with Gasteiger partial charge in [-0.2, -0.15) is 0 Å². The first kappa shape index (κ1) is 15.8. The van der Waals surface area contributed by atoms with Crippen LogP contribution in [-0.2, 0) is 0 Å². The van der Waals surface area contributed by atoms with Crippen molar-refractivity contribution in [3.63, 3.8) is 0 Å². The van der Waals surface area contributed by atoms with Crippen LogP contribution >= 0.6 is 31.9 Å². The van der Waals surface area contributed by atoms with Gasteiger partial charge in [-0.3, -0.25) is 4.79 Å². The van der Waals surface area contributed by atoms with Crippen molar-refractivity contribution in [3.8, 4) is 0 Å². The minimum atomic E-state index is -0.817. The molecule has 2 rings (SSSR count). The van der Waals surface area contributed by atoms with E-state index in [4.69, 9.17) is 5.73 Å². The number of hydrogen-bond donors (Lipinski definition) is 2. The van der Waals surface area contributed by atoms with E-state index in [0.717, 1.165) is 24.3 Å². The van der Waals surface area contributed by atoms with E-state index in [-0.39, 0.29) is 25.9 Å². The summed E-state index contributed by atoms with van der Waals surface area (Å²) >= 11 is 5.84. The average molecular weight is 424 g/mol. The molecule has 0 saturated carbocycles. The standard InChI is InChI=1S/C13H7Br2F3N2O/c14-6-2-9(17)11(19)1-5(6)13(21)20-12-4-8(16)7(15)3-10(12)18/h1-4H,19H2,(H,20,21). The van der Waals surface area contributed by atoms with Crippen molar-refractivity contribution in [3.05, 3.63) is 56.2 Å². The van der Waals surface area contributed by atoms with Gasteiger partial charge in [-0.1, -0.05) is 0 Å². The SMILES string of the molecule is Nc1cc(C(=O)Nc2cc(F)c(Br)cc2F)c(Br)cc1F. The van der Waals surface area contributed by atoms with E-state index in [9.17, 15) is 18.0 Å². The largest absolute Gasteiger partial charge is 0.396 e. The number of nitrogens with two attached hydrogens (primary N) is 1. The van der Waals surface area contributed by atoms with Gasteiger partial charge in [0.05, 0.1) is 21.4 Å². The molecule has 0 heterocycles. The number of nitrogens with one attached hydrogen (secondary N) is 1. The van der Waals surface area contributed by atoms with Gasteiger partial charge in [-0.15, -0.1) is 0 Å². The Morgan fingerprint density at radius 3 is 2.24 bits per heavy atom. The molecule has 1 amide bonds. The molecule has 2 aromatic rings. The van der Waals surface area contributed by atoms with Crippen LogP contribution in [0.25, 0.3) is 0 Å². The van der Waals surface area contributed by atoms with Gasteiger partial charge in [0, 0.05) is 10.5 Å². The van der Waals surface area contributed by atoms with E-state index in [1.807, 2.05) is 0 Å². The molecule has 0 aromatic heterocycles. The Labute approximate surface area is 134 Å². The molecule has 0 aliphatic rings. The molecule has 0 radical (unpaired) electrons.